The van der Waals surface area contributed by atoms with E-state index in [2.05, 4.69) is 4.98 Å². The smallest absolute Gasteiger partial charge is 0.337 e. The SMILES string of the molecule is O=C(O)c1ccc([N+](=O)[O-])cc1Cl.O=[N+]([O-])c1cccc2ncccc12. The highest BCUT2D eigenvalue weighted by Gasteiger charge is 2.13. The Morgan fingerprint density at radius 3 is 2.35 bits per heavy atom. The highest BCUT2D eigenvalue weighted by atomic mass is 35.5. The predicted octanol–water partition coefficient (Wildman–Crippen LogP) is 4.09. The topological polar surface area (TPSA) is 136 Å². The van der Waals surface area contributed by atoms with Crippen molar-refractivity contribution in [3.05, 3.63) is 85.5 Å². The number of fused-ring (bicyclic) bond motifs is 1. The molecule has 0 spiro atoms. The molecule has 26 heavy (non-hydrogen) atoms. The van der Waals surface area contributed by atoms with Gasteiger partial charge < -0.3 is 5.11 Å². The Morgan fingerprint density at radius 2 is 1.77 bits per heavy atom. The number of nitro benzene ring substituents is 2. The number of pyridine rings is 1. The van der Waals surface area contributed by atoms with E-state index in [0.717, 1.165) is 18.2 Å². The van der Waals surface area contributed by atoms with E-state index >= 15 is 0 Å². The Labute approximate surface area is 150 Å². The van der Waals surface area contributed by atoms with E-state index in [-0.39, 0.29) is 22.0 Å². The van der Waals surface area contributed by atoms with Crippen molar-refractivity contribution in [2.45, 2.75) is 0 Å². The molecule has 1 N–H and O–H groups in total. The molecule has 0 bridgehead atoms. The van der Waals surface area contributed by atoms with Crippen LogP contribution in [-0.2, 0) is 0 Å². The van der Waals surface area contributed by atoms with E-state index in [4.69, 9.17) is 16.7 Å². The summed E-state index contributed by atoms with van der Waals surface area (Å²) in [6, 6.07) is 11.4. The summed E-state index contributed by atoms with van der Waals surface area (Å²) >= 11 is 5.48. The molecule has 0 unspecified atom stereocenters. The normalized spacial score (nSPS) is 9.88. The number of carbonyl (C=O) groups is 1. The Balaban J connectivity index is 0.000000187. The first kappa shape index (κ1) is 18.7. The number of hydrogen-bond acceptors (Lipinski definition) is 6. The summed E-state index contributed by atoms with van der Waals surface area (Å²) in [6.45, 7) is 0. The monoisotopic (exact) mass is 375 g/mol. The maximum Gasteiger partial charge on any atom is 0.337 e. The fraction of sp³-hybridized carbons (Fsp3) is 0. The summed E-state index contributed by atoms with van der Waals surface area (Å²) in [6.07, 6.45) is 1.62. The van der Waals surface area contributed by atoms with Crippen molar-refractivity contribution < 1.29 is 19.7 Å². The van der Waals surface area contributed by atoms with Crippen LogP contribution in [0.5, 0.6) is 0 Å². The van der Waals surface area contributed by atoms with Crippen LogP contribution in [0.15, 0.2) is 54.7 Å². The largest absolute Gasteiger partial charge is 0.478 e. The maximum atomic E-state index is 10.6. The van der Waals surface area contributed by atoms with Gasteiger partial charge in [-0.05, 0) is 24.3 Å². The molecule has 1 aromatic heterocycles. The molecule has 3 rings (SSSR count). The van der Waals surface area contributed by atoms with Crippen LogP contribution in [0, 0.1) is 20.2 Å². The lowest BCUT2D eigenvalue weighted by Gasteiger charge is -1.97. The van der Waals surface area contributed by atoms with Gasteiger partial charge in [-0.25, -0.2) is 4.79 Å². The van der Waals surface area contributed by atoms with Gasteiger partial charge in [0, 0.05) is 24.4 Å². The van der Waals surface area contributed by atoms with E-state index in [1.807, 2.05) is 0 Å². The Morgan fingerprint density at radius 1 is 1.04 bits per heavy atom. The molecule has 2 aromatic carbocycles. The lowest BCUT2D eigenvalue weighted by molar-refractivity contribution is -0.384. The fourth-order valence-electron chi connectivity index (χ4n) is 2.04. The van der Waals surface area contributed by atoms with E-state index in [0.29, 0.717) is 10.9 Å². The Kier molecular flexibility index (Phi) is 5.76. The van der Waals surface area contributed by atoms with Crippen molar-refractivity contribution in [2.75, 3.05) is 0 Å². The van der Waals surface area contributed by atoms with Gasteiger partial charge in [-0.3, -0.25) is 25.2 Å². The fourth-order valence-corrected chi connectivity index (χ4v) is 2.29. The van der Waals surface area contributed by atoms with Crippen molar-refractivity contribution in [3.63, 3.8) is 0 Å². The number of aromatic nitrogens is 1. The number of halogens is 1. The zero-order valence-electron chi connectivity index (χ0n) is 12.9. The molecule has 0 aliphatic carbocycles. The molecule has 0 aliphatic heterocycles. The molecule has 3 aromatic rings. The zero-order chi connectivity index (χ0) is 19.3. The third-order valence-electron chi connectivity index (χ3n) is 3.21. The van der Waals surface area contributed by atoms with Gasteiger partial charge in [-0.15, -0.1) is 0 Å². The highest BCUT2D eigenvalue weighted by molar-refractivity contribution is 6.33. The number of carboxylic acids is 1. The van der Waals surface area contributed by atoms with Gasteiger partial charge in [0.05, 0.1) is 31.3 Å². The minimum Gasteiger partial charge on any atom is -0.478 e. The summed E-state index contributed by atoms with van der Waals surface area (Å²) in [5.41, 5.74) is 0.379. The molecule has 9 nitrogen and oxygen atoms in total. The number of nitro groups is 2. The first-order valence-electron chi connectivity index (χ1n) is 6.96. The van der Waals surface area contributed by atoms with Gasteiger partial charge in [0.2, 0.25) is 0 Å². The van der Waals surface area contributed by atoms with Crippen molar-refractivity contribution in [1.29, 1.82) is 0 Å². The van der Waals surface area contributed by atoms with Gasteiger partial charge in [-0.2, -0.15) is 0 Å². The summed E-state index contributed by atoms with van der Waals surface area (Å²) < 4.78 is 0. The third-order valence-corrected chi connectivity index (χ3v) is 3.53. The summed E-state index contributed by atoms with van der Waals surface area (Å²) in [5.74, 6) is -1.21. The third kappa shape index (κ3) is 4.28. The Hall–Kier alpha value is -3.59. The van der Waals surface area contributed by atoms with Crippen LogP contribution in [0.25, 0.3) is 10.9 Å². The molecule has 1 heterocycles. The number of aromatic carboxylic acids is 1. The van der Waals surface area contributed by atoms with Crippen molar-refractivity contribution in [2.24, 2.45) is 0 Å². The van der Waals surface area contributed by atoms with Gasteiger partial charge in [-0.1, -0.05) is 17.7 Å². The van der Waals surface area contributed by atoms with Crippen LogP contribution in [-0.4, -0.2) is 25.9 Å². The van der Waals surface area contributed by atoms with E-state index in [9.17, 15) is 25.0 Å². The molecule has 132 valence electrons. The average molecular weight is 376 g/mol. The van der Waals surface area contributed by atoms with Crippen LogP contribution < -0.4 is 0 Å². The summed E-state index contributed by atoms with van der Waals surface area (Å²) in [5, 5.41) is 29.8. The quantitative estimate of drug-likeness (QED) is 0.537. The molecule has 0 radical (unpaired) electrons. The van der Waals surface area contributed by atoms with Crippen LogP contribution in [0.4, 0.5) is 11.4 Å². The number of carboxylic acid groups (broad SMARTS) is 1. The molecule has 0 atom stereocenters. The number of hydrogen-bond donors (Lipinski definition) is 1. The van der Waals surface area contributed by atoms with Gasteiger partial charge >= 0.3 is 5.97 Å². The molecule has 0 saturated carbocycles. The van der Waals surface area contributed by atoms with Crippen molar-refractivity contribution >= 4 is 39.8 Å². The van der Waals surface area contributed by atoms with Crippen molar-refractivity contribution in [3.8, 4) is 0 Å². The second-order valence-electron chi connectivity index (χ2n) is 4.83. The number of benzene rings is 2. The van der Waals surface area contributed by atoms with Crippen molar-refractivity contribution in [1.82, 2.24) is 4.98 Å². The lowest BCUT2D eigenvalue weighted by Crippen LogP contribution is -1.98. The first-order valence-corrected chi connectivity index (χ1v) is 7.34. The van der Waals surface area contributed by atoms with Gasteiger partial charge in [0.1, 0.15) is 0 Å². The number of rotatable bonds is 3. The molecule has 0 saturated heterocycles. The van der Waals surface area contributed by atoms with E-state index in [1.54, 1.807) is 30.5 Å². The molecule has 10 heteroatoms. The Bertz CT molecular complexity index is 1000. The second-order valence-corrected chi connectivity index (χ2v) is 5.24. The summed E-state index contributed by atoms with van der Waals surface area (Å²) in [7, 11) is 0. The molecular formula is C16H10ClN3O6. The van der Waals surface area contributed by atoms with Crippen LogP contribution >= 0.6 is 11.6 Å². The maximum absolute atomic E-state index is 10.6. The average Bonchev–Trinajstić information content (AvgIpc) is 2.61. The predicted molar refractivity (Wildman–Crippen MR) is 93.5 cm³/mol. The first-order chi connectivity index (χ1) is 12.3. The number of non-ortho nitro benzene ring substituents is 2. The summed E-state index contributed by atoms with van der Waals surface area (Å²) in [4.78, 5) is 34.3. The standard InChI is InChI=1S/C9H6N2O2.C7H4ClNO4/c12-11(13)9-5-1-4-8-7(9)3-2-6-10-8;8-6-3-4(9(12)13)1-2-5(6)7(10)11/h1-6H;1-3H,(H,10,11). The van der Waals surface area contributed by atoms with E-state index < -0.39 is 15.8 Å². The number of nitrogens with zero attached hydrogens (tertiary/aromatic N) is 3. The molecule has 0 aliphatic rings. The minimum atomic E-state index is -1.21. The second kappa shape index (κ2) is 7.99. The lowest BCUT2D eigenvalue weighted by atomic mass is 10.2. The van der Waals surface area contributed by atoms with Crippen LogP contribution in [0.2, 0.25) is 5.02 Å². The molecule has 0 amide bonds. The van der Waals surface area contributed by atoms with Crippen LogP contribution in [0.3, 0.4) is 0 Å². The van der Waals surface area contributed by atoms with Gasteiger partial charge in [0.15, 0.2) is 0 Å². The van der Waals surface area contributed by atoms with Gasteiger partial charge in [0.25, 0.3) is 11.4 Å². The minimum absolute atomic E-state index is 0.102. The highest BCUT2D eigenvalue weighted by Crippen LogP contribution is 2.23. The molecular weight excluding hydrogens is 366 g/mol. The van der Waals surface area contributed by atoms with Crippen LogP contribution in [0.1, 0.15) is 10.4 Å². The molecule has 0 fully saturated rings. The van der Waals surface area contributed by atoms with E-state index in [1.165, 1.54) is 6.07 Å². The zero-order valence-corrected chi connectivity index (χ0v) is 13.7.